The molecule has 5 heteroatoms. The molecule has 1 aromatic carbocycles. The van der Waals surface area contributed by atoms with E-state index in [1.54, 1.807) is 6.07 Å². The minimum absolute atomic E-state index is 0.0210. The molecule has 1 saturated heterocycles. The highest BCUT2D eigenvalue weighted by atomic mass is 16.4. The van der Waals surface area contributed by atoms with Crippen LogP contribution in [-0.4, -0.2) is 29.1 Å². The number of carboxylic acids is 1. The van der Waals surface area contributed by atoms with Gasteiger partial charge in [0.05, 0.1) is 12.0 Å². The van der Waals surface area contributed by atoms with Crippen LogP contribution in [0.15, 0.2) is 24.3 Å². The second-order valence-electron chi connectivity index (χ2n) is 5.74. The summed E-state index contributed by atoms with van der Waals surface area (Å²) in [4.78, 5) is 23.2. The summed E-state index contributed by atoms with van der Waals surface area (Å²) in [6.45, 7) is 3.14. The van der Waals surface area contributed by atoms with Crippen molar-refractivity contribution in [2.24, 2.45) is 0 Å². The number of nitrogens with one attached hydrogen (secondary N) is 2. The lowest BCUT2D eigenvalue weighted by Gasteiger charge is -2.33. The zero-order chi connectivity index (χ0) is 15.3. The van der Waals surface area contributed by atoms with Gasteiger partial charge in [-0.05, 0) is 43.9 Å². The molecule has 0 saturated carbocycles. The number of rotatable bonds is 5. The number of aliphatic carboxylic acids is 1. The van der Waals surface area contributed by atoms with E-state index < -0.39 is 11.5 Å². The standard InChI is InChI=1S/C16H22N2O3/c1-16(8-4-5-9-18-16)15(21)17-11-13-7-3-2-6-12(13)10-14(19)20/h2-3,6-7,18H,4-5,8-11H2,1H3,(H,17,21)(H,19,20). The van der Waals surface area contributed by atoms with Crippen LogP contribution in [0.4, 0.5) is 0 Å². The Bertz CT molecular complexity index is 522. The summed E-state index contributed by atoms with van der Waals surface area (Å²) in [5, 5.41) is 15.1. The van der Waals surface area contributed by atoms with Crippen molar-refractivity contribution in [2.75, 3.05) is 6.54 Å². The van der Waals surface area contributed by atoms with Crippen molar-refractivity contribution in [3.05, 3.63) is 35.4 Å². The first-order valence-electron chi connectivity index (χ1n) is 7.33. The molecule has 1 unspecified atom stereocenters. The number of hydrogen-bond acceptors (Lipinski definition) is 3. The molecular formula is C16H22N2O3. The summed E-state index contributed by atoms with van der Waals surface area (Å²) < 4.78 is 0. The maximum atomic E-state index is 12.3. The molecule has 1 atom stereocenters. The predicted molar refractivity (Wildman–Crippen MR) is 79.9 cm³/mol. The van der Waals surface area contributed by atoms with Crippen LogP contribution in [0, 0.1) is 0 Å². The molecule has 1 heterocycles. The number of carbonyl (C=O) groups is 2. The highest BCUT2D eigenvalue weighted by molar-refractivity contribution is 5.86. The van der Waals surface area contributed by atoms with Crippen LogP contribution in [0.5, 0.6) is 0 Å². The molecule has 0 aromatic heterocycles. The van der Waals surface area contributed by atoms with Crippen LogP contribution < -0.4 is 10.6 Å². The second kappa shape index (κ2) is 6.72. The minimum Gasteiger partial charge on any atom is -0.481 e. The average molecular weight is 290 g/mol. The average Bonchev–Trinajstić information content (AvgIpc) is 2.46. The number of carboxylic acid groups (broad SMARTS) is 1. The van der Waals surface area contributed by atoms with Crippen molar-refractivity contribution in [1.82, 2.24) is 10.6 Å². The first-order chi connectivity index (χ1) is 10.0. The van der Waals surface area contributed by atoms with Crippen molar-refractivity contribution in [1.29, 1.82) is 0 Å². The molecule has 2 rings (SSSR count). The first-order valence-corrected chi connectivity index (χ1v) is 7.33. The number of carbonyl (C=O) groups excluding carboxylic acids is 1. The summed E-state index contributed by atoms with van der Waals surface area (Å²) in [5.41, 5.74) is 1.08. The second-order valence-corrected chi connectivity index (χ2v) is 5.74. The highest BCUT2D eigenvalue weighted by Crippen LogP contribution is 2.19. The zero-order valence-electron chi connectivity index (χ0n) is 12.3. The minimum atomic E-state index is -0.866. The predicted octanol–water partition coefficient (Wildman–Crippen LogP) is 1.46. The van der Waals surface area contributed by atoms with Gasteiger partial charge >= 0.3 is 5.97 Å². The summed E-state index contributed by atoms with van der Waals surface area (Å²) in [6.07, 6.45) is 2.95. The fourth-order valence-electron chi connectivity index (χ4n) is 2.69. The zero-order valence-corrected chi connectivity index (χ0v) is 12.3. The number of hydrogen-bond donors (Lipinski definition) is 3. The molecule has 1 aliphatic heterocycles. The molecule has 0 spiro atoms. The van der Waals surface area contributed by atoms with Crippen molar-refractivity contribution in [3.8, 4) is 0 Å². The monoisotopic (exact) mass is 290 g/mol. The topological polar surface area (TPSA) is 78.4 Å². The quantitative estimate of drug-likeness (QED) is 0.767. The van der Waals surface area contributed by atoms with E-state index in [2.05, 4.69) is 10.6 Å². The molecule has 5 nitrogen and oxygen atoms in total. The maximum Gasteiger partial charge on any atom is 0.307 e. The van der Waals surface area contributed by atoms with Crippen LogP contribution >= 0.6 is 0 Å². The van der Waals surface area contributed by atoms with Crippen molar-refractivity contribution >= 4 is 11.9 Å². The Morgan fingerprint density at radius 2 is 2.00 bits per heavy atom. The van der Waals surface area contributed by atoms with Gasteiger partial charge in [-0.15, -0.1) is 0 Å². The normalized spacial score (nSPS) is 21.8. The Labute approximate surface area is 124 Å². The fraction of sp³-hybridized carbons (Fsp3) is 0.500. The van der Waals surface area contributed by atoms with Crippen LogP contribution in [-0.2, 0) is 22.6 Å². The largest absolute Gasteiger partial charge is 0.481 e. The lowest BCUT2D eigenvalue weighted by molar-refractivity contribution is -0.136. The van der Waals surface area contributed by atoms with Gasteiger partial charge < -0.3 is 15.7 Å². The lowest BCUT2D eigenvalue weighted by Crippen LogP contribution is -2.56. The fourth-order valence-corrected chi connectivity index (χ4v) is 2.69. The van der Waals surface area contributed by atoms with E-state index in [4.69, 9.17) is 5.11 Å². The smallest absolute Gasteiger partial charge is 0.307 e. The molecule has 1 amide bonds. The van der Waals surface area contributed by atoms with Gasteiger partial charge in [-0.25, -0.2) is 0 Å². The molecule has 1 fully saturated rings. The van der Waals surface area contributed by atoms with Gasteiger partial charge in [0.1, 0.15) is 0 Å². The third-order valence-electron chi connectivity index (χ3n) is 4.02. The first kappa shape index (κ1) is 15.5. The lowest BCUT2D eigenvalue weighted by atomic mass is 9.90. The van der Waals surface area contributed by atoms with E-state index in [0.717, 1.165) is 36.9 Å². The Balaban J connectivity index is 1.99. The summed E-state index contributed by atoms with van der Waals surface area (Å²) >= 11 is 0. The van der Waals surface area contributed by atoms with Crippen LogP contribution in [0.25, 0.3) is 0 Å². The molecule has 3 N–H and O–H groups in total. The van der Waals surface area contributed by atoms with E-state index >= 15 is 0 Å². The van der Waals surface area contributed by atoms with Gasteiger partial charge in [-0.3, -0.25) is 9.59 Å². The number of benzene rings is 1. The van der Waals surface area contributed by atoms with Crippen LogP contribution in [0.1, 0.15) is 37.3 Å². The highest BCUT2D eigenvalue weighted by Gasteiger charge is 2.33. The summed E-state index contributed by atoms with van der Waals surface area (Å²) in [6, 6.07) is 7.31. The molecule has 114 valence electrons. The Hall–Kier alpha value is -1.88. The van der Waals surface area contributed by atoms with Gasteiger partial charge in [0.15, 0.2) is 0 Å². The van der Waals surface area contributed by atoms with E-state index in [9.17, 15) is 9.59 Å². The molecule has 21 heavy (non-hydrogen) atoms. The number of piperidine rings is 1. The van der Waals surface area contributed by atoms with Crippen LogP contribution in [0.2, 0.25) is 0 Å². The van der Waals surface area contributed by atoms with Crippen LogP contribution in [0.3, 0.4) is 0 Å². The van der Waals surface area contributed by atoms with Crippen molar-refractivity contribution in [2.45, 2.75) is 44.7 Å². The van der Waals surface area contributed by atoms with Crippen molar-refractivity contribution in [3.63, 3.8) is 0 Å². The van der Waals surface area contributed by atoms with Gasteiger partial charge in [0.2, 0.25) is 5.91 Å². The Morgan fingerprint density at radius 1 is 1.29 bits per heavy atom. The Kier molecular flexibility index (Phi) is 4.96. The van der Waals surface area contributed by atoms with E-state index in [1.165, 1.54) is 0 Å². The van der Waals surface area contributed by atoms with E-state index in [0.29, 0.717) is 6.54 Å². The van der Waals surface area contributed by atoms with Gasteiger partial charge in [0, 0.05) is 6.54 Å². The molecule has 1 aliphatic rings. The molecule has 0 bridgehead atoms. The summed E-state index contributed by atoms with van der Waals surface area (Å²) in [7, 11) is 0. The molecule has 1 aromatic rings. The third-order valence-corrected chi connectivity index (χ3v) is 4.02. The molecule has 0 radical (unpaired) electrons. The van der Waals surface area contributed by atoms with Crippen molar-refractivity contribution < 1.29 is 14.7 Å². The van der Waals surface area contributed by atoms with Gasteiger partial charge in [-0.1, -0.05) is 24.3 Å². The van der Waals surface area contributed by atoms with E-state index in [1.807, 2.05) is 25.1 Å². The third kappa shape index (κ3) is 4.04. The number of amides is 1. The Morgan fingerprint density at radius 3 is 2.62 bits per heavy atom. The van der Waals surface area contributed by atoms with E-state index in [-0.39, 0.29) is 12.3 Å². The molecule has 0 aliphatic carbocycles. The molecular weight excluding hydrogens is 268 g/mol. The van der Waals surface area contributed by atoms with Gasteiger partial charge in [-0.2, -0.15) is 0 Å². The maximum absolute atomic E-state index is 12.3. The summed E-state index contributed by atoms with van der Waals surface area (Å²) in [5.74, 6) is -0.887. The SMILES string of the molecule is CC1(C(=O)NCc2ccccc2CC(=O)O)CCCCN1. The van der Waals surface area contributed by atoms with Gasteiger partial charge in [0.25, 0.3) is 0 Å².